The highest BCUT2D eigenvalue weighted by molar-refractivity contribution is 6.18. The predicted octanol–water partition coefficient (Wildman–Crippen LogP) is 7.67. The fourth-order valence-corrected chi connectivity index (χ4v) is 7.91. The van der Waals surface area contributed by atoms with Gasteiger partial charge in [0, 0.05) is 28.1 Å². The zero-order chi connectivity index (χ0) is 32.0. The summed E-state index contributed by atoms with van der Waals surface area (Å²) in [5.74, 6) is -1.05. The molecule has 6 heteroatoms. The van der Waals surface area contributed by atoms with Gasteiger partial charge in [0.15, 0.2) is 11.6 Å². The minimum atomic E-state index is -1.34. The van der Waals surface area contributed by atoms with Crippen molar-refractivity contribution < 1.29 is 19.1 Å². The molecule has 1 saturated heterocycles. The first kappa shape index (κ1) is 29.7. The Labute approximate surface area is 270 Å². The van der Waals surface area contributed by atoms with E-state index in [1.807, 2.05) is 79.7 Å². The Morgan fingerprint density at radius 1 is 0.848 bits per heavy atom. The number of para-hydroxylation sites is 2. The summed E-state index contributed by atoms with van der Waals surface area (Å²) in [5.41, 5.74) is 5.06. The van der Waals surface area contributed by atoms with Crippen molar-refractivity contribution in [1.29, 1.82) is 0 Å². The summed E-state index contributed by atoms with van der Waals surface area (Å²) in [6.45, 7) is 4.22. The van der Waals surface area contributed by atoms with E-state index in [0.717, 1.165) is 48.1 Å². The fraction of sp³-hybridized carbons (Fsp3) is 0.275. The zero-order valence-corrected chi connectivity index (χ0v) is 26.5. The topological polar surface area (TPSA) is 75.7 Å². The SMILES string of the molecule is CCCCCc1ccc(C(=O)[C@@H]2[C@H](C(=O)c3ccc(OC)cc3)N3c4ccccc4C(C)=C[C@H]3[C@]23C(=O)Nc2ccccc23)cc1. The molecule has 1 spiro atoms. The molecule has 46 heavy (non-hydrogen) atoms. The Morgan fingerprint density at radius 3 is 2.26 bits per heavy atom. The van der Waals surface area contributed by atoms with Gasteiger partial charge in [-0.3, -0.25) is 14.4 Å². The van der Waals surface area contributed by atoms with E-state index < -0.39 is 23.4 Å². The number of benzene rings is 4. The summed E-state index contributed by atoms with van der Waals surface area (Å²) in [7, 11) is 1.58. The van der Waals surface area contributed by atoms with Crippen molar-refractivity contribution in [1.82, 2.24) is 0 Å². The van der Waals surface area contributed by atoms with Crippen LogP contribution in [0.4, 0.5) is 11.4 Å². The van der Waals surface area contributed by atoms with Gasteiger partial charge in [-0.2, -0.15) is 0 Å². The number of nitrogens with zero attached hydrogens (tertiary/aromatic N) is 1. The number of carbonyl (C=O) groups is 3. The van der Waals surface area contributed by atoms with Gasteiger partial charge in [-0.25, -0.2) is 0 Å². The van der Waals surface area contributed by atoms with Gasteiger partial charge in [-0.15, -0.1) is 0 Å². The van der Waals surface area contributed by atoms with Crippen molar-refractivity contribution in [3.05, 3.63) is 131 Å². The van der Waals surface area contributed by atoms with Crippen molar-refractivity contribution in [2.75, 3.05) is 17.3 Å². The Morgan fingerprint density at radius 2 is 1.52 bits per heavy atom. The van der Waals surface area contributed by atoms with Crippen LogP contribution >= 0.6 is 0 Å². The molecule has 4 atom stereocenters. The zero-order valence-electron chi connectivity index (χ0n) is 26.5. The van der Waals surface area contributed by atoms with E-state index in [2.05, 4.69) is 23.2 Å². The average molecular weight is 611 g/mol. The molecular formula is C40H38N2O4. The second-order valence-corrected chi connectivity index (χ2v) is 12.6. The second-order valence-electron chi connectivity index (χ2n) is 12.6. The summed E-state index contributed by atoms with van der Waals surface area (Å²) < 4.78 is 5.37. The Hall–Kier alpha value is -4.97. The maximum Gasteiger partial charge on any atom is 0.238 e. The summed E-state index contributed by atoms with van der Waals surface area (Å²) in [6.07, 6.45) is 6.42. The first-order valence-electron chi connectivity index (χ1n) is 16.2. The summed E-state index contributed by atoms with van der Waals surface area (Å²) in [4.78, 5) is 46.7. The lowest BCUT2D eigenvalue weighted by Crippen LogP contribution is -2.51. The minimum Gasteiger partial charge on any atom is -0.497 e. The molecule has 1 N–H and O–H groups in total. The summed E-state index contributed by atoms with van der Waals surface area (Å²) >= 11 is 0. The minimum absolute atomic E-state index is 0.209. The molecule has 0 saturated carbocycles. The van der Waals surface area contributed by atoms with E-state index in [9.17, 15) is 9.59 Å². The van der Waals surface area contributed by atoms with Gasteiger partial charge in [0.25, 0.3) is 0 Å². The number of aryl methyl sites for hydroxylation is 1. The van der Waals surface area contributed by atoms with Crippen molar-refractivity contribution in [2.24, 2.45) is 5.92 Å². The van der Waals surface area contributed by atoms with Crippen molar-refractivity contribution >= 4 is 34.4 Å². The Kier molecular flexibility index (Phi) is 7.59. The highest BCUT2D eigenvalue weighted by atomic mass is 16.5. The van der Waals surface area contributed by atoms with Crippen LogP contribution < -0.4 is 15.0 Å². The number of carbonyl (C=O) groups excluding carboxylic acids is 3. The lowest BCUT2D eigenvalue weighted by Gasteiger charge is -2.39. The Bertz CT molecular complexity index is 1860. The number of nitrogens with one attached hydrogen (secondary N) is 1. The quantitative estimate of drug-likeness (QED) is 0.155. The predicted molar refractivity (Wildman–Crippen MR) is 182 cm³/mol. The molecule has 1 fully saturated rings. The van der Waals surface area contributed by atoms with E-state index in [4.69, 9.17) is 4.74 Å². The molecule has 232 valence electrons. The molecule has 6 nitrogen and oxygen atoms in total. The number of allylic oxidation sites excluding steroid dienone is 1. The van der Waals surface area contributed by atoms with Crippen LogP contribution in [0.25, 0.3) is 5.57 Å². The van der Waals surface area contributed by atoms with Gasteiger partial charge in [0.1, 0.15) is 17.2 Å². The molecule has 0 aliphatic carbocycles. The number of hydrogen-bond acceptors (Lipinski definition) is 5. The maximum absolute atomic E-state index is 15.1. The van der Waals surface area contributed by atoms with Gasteiger partial charge in [0.05, 0.1) is 19.1 Å². The first-order valence-corrected chi connectivity index (χ1v) is 16.2. The van der Waals surface area contributed by atoms with Crippen LogP contribution in [0.3, 0.4) is 0 Å². The van der Waals surface area contributed by atoms with Crippen LogP contribution in [0.2, 0.25) is 0 Å². The number of ether oxygens (including phenoxy) is 1. The monoisotopic (exact) mass is 610 g/mol. The number of hydrogen-bond donors (Lipinski definition) is 1. The summed E-state index contributed by atoms with van der Waals surface area (Å²) in [5, 5.41) is 3.12. The van der Waals surface area contributed by atoms with Crippen LogP contribution in [0.5, 0.6) is 5.75 Å². The van der Waals surface area contributed by atoms with Crippen LogP contribution in [0.1, 0.15) is 70.5 Å². The van der Waals surface area contributed by atoms with E-state index in [-0.39, 0.29) is 17.5 Å². The molecule has 0 bridgehead atoms. The van der Waals surface area contributed by atoms with Gasteiger partial charge < -0.3 is 15.0 Å². The highest BCUT2D eigenvalue weighted by Gasteiger charge is 2.70. The van der Waals surface area contributed by atoms with Crippen molar-refractivity contribution in [3.8, 4) is 5.75 Å². The molecule has 0 aromatic heterocycles. The van der Waals surface area contributed by atoms with Gasteiger partial charge in [-0.1, -0.05) is 86.5 Å². The standard InChI is InChI=1S/C40H38N2O4/c1-4-5-6-11-26-16-18-27(19-17-26)37(43)35-36(38(44)28-20-22-29(46-3)23-21-28)42-33-15-10-7-12-30(33)25(2)24-34(42)40(35)31-13-8-9-14-32(31)41-39(40)45/h7-10,12-24,34-36H,4-6,11H2,1-3H3,(H,41,45)/t34-,35-,36+,40-/m0/s1. The number of anilines is 2. The molecule has 4 aromatic carbocycles. The van der Waals surface area contributed by atoms with E-state index >= 15 is 4.79 Å². The van der Waals surface area contributed by atoms with Crippen LogP contribution in [0, 0.1) is 5.92 Å². The van der Waals surface area contributed by atoms with Crippen molar-refractivity contribution in [2.45, 2.75) is 57.0 Å². The van der Waals surface area contributed by atoms with E-state index in [1.54, 1.807) is 31.4 Å². The molecule has 1 amide bonds. The normalized spacial score (nSPS) is 22.5. The van der Waals surface area contributed by atoms with Crippen LogP contribution in [-0.2, 0) is 16.6 Å². The fourth-order valence-electron chi connectivity index (χ4n) is 7.91. The molecule has 3 aliphatic rings. The second kappa shape index (κ2) is 11.8. The molecular weight excluding hydrogens is 572 g/mol. The third-order valence-corrected chi connectivity index (χ3v) is 10.1. The van der Waals surface area contributed by atoms with Gasteiger partial charge in [0.2, 0.25) is 5.91 Å². The maximum atomic E-state index is 15.1. The number of methoxy groups -OCH3 is 1. The van der Waals surface area contributed by atoms with Crippen LogP contribution in [0.15, 0.2) is 103 Å². The third-order valence-electron chi connectivity index (χ3n) is 10.1. The number of fused-ring (bicyclic) bond motifs is 6. The lowest BCUT2D eigenvalue weighted by atomic mass is 9.64. The molecule has 0 unspecified atom stereocenters. The average Bonchev–Trinajstić information content (AvgIpc) is 3.56. The largest absolute Gasteiger partial charge is 0.497 e. The number of Topliss-reactive ketones (excluding diaryl/α,β-unsaturated/α-hetero) is 2. The van der Waals surface area contributed by atoms with E-state index in [0.29, 0.717) is 22.6 Å². The number of amides is 1. The molecule has 4 aromatic rings. The Balaban J connectivity index is 1.45. The van der Waals surface area contributed by atoms with E-state index in [1.165, 1.54) is 5.56 Å². The van der Waals surface area contributed by atoms with Gasteiger partial charge in [-0.05, 0) is 72.9 Å². The molecule has 7 rings (SSSR count). The third kappa shape index (κ3) is 4.50. The molecule has 3 aliphatic heterocycles. The molecule has 3 heterocycles. The summed E-state index contributed by atoms with van der Waals surface area (Å²) in [6, 6.07) is 28.8. The highest BCUT2D eigenvalue weighted by Crippen LogP contribution is 2.58. The number of unbranched alkanes of at least 4 members (excludes halogenated alkanes) is 2. The van der Waals surface area contributed by atoms with Crippen LogP contribution in [-0.4, -0.2) is 36.7 Å². The first-order chi connectivity index (χ1) is 22.4. The number of ketones is 2. The van der Waals surface area contributed by atoms with Gasteiger partial charge >= 0.3 is 0 Å². The number of rotatable bonds is 9. The molecule has 0 radical (unpaired) electrons. The smallest absolute Gasteiger partial charge is 0.238 e. The van der Waals surface area contributed by atoms with Crippen molar-refractivity contribution in [3.63, 3.8) is 0 Å². The lowest BCUT2D eigenvalue weighted by molar-refractivity contribution is -0.121.